The van der Waals surface area contributed by atoms with E-state index < -0.39 is 17.8 Å². The third-order valence-corrected chi connectivity index (χ3v) is 5.24. The van der Waals surface area contributed by atoms with Crippen molar-refractivity contribution < 1.29 is 18.0 Å². The number of alkyl halides is 3. The van der Waals surface area contributed by atoms with Crippen LogP contribution in [0.25, 0.3) is 0 Å². The molecule has 2 aromatic heterocycles. The number of thiazole rings is 1. The van der Waals surface area contributed by atoms with Crippen molar-refractivity contribution in [3.63, 3.8) is 0 Å². The highest BCUT2D eigenvalue weighted by Gasteiger charge is 2.38. The molecule has 1 aliphatic carbocycles. The summed E-state index contributed by atoms with van der Waals surface area (Å²) in [6.07, 6.45) is -2.75. The highest BCUT2D eigenvalue weighted by atomic mass is 32.1. The zero-order chi connectivity index (χ0) is 18.4. The van der Waals surface area contributed by atoms with Crippen LogP contribution in [0.1, 0.15) is 47.6 Å². The van der Waals surface area contributed by atoms with E-state index in [1.807, 2.05) is 13.8 Å². The first-order valence-corrected chi connectivity index (χ1v) is 8.86. The van der Waals surface area contributed by atoms with E-state index in [0.717, 1.165) is 29.5 Å². The Morgan fingerprint density at radius 3 is 2.64 bits per heavy atom. The minimum atomic E-state index is -4.48. The molecule has 2 heterocycles. The molecule has 136 valence electrons. The normalized spacial score (nSPS) is 16.1. The van der Waals surface area contributed by atoms with Crippen molar-refractivity contribution in [1.29, 1.82) is 0 Å². The summed E-state index contributed by atoms with van der Waals surface area (Å²) in [5.74, 6) is -0.689. The summed E-state index contributed by atoms with van der Waals surface area (Å²) >= 11 is 1.38. The molecule has 1 aliphatic rings. The van der Waals surface area contributed by atoms with Gasteiger partial charge in [-0.25, -0.2) is 4.98 Å². The molecule has 3 rings (SSSR count). The van der Waals surface area contributed by atoms with Crippen LogP contribution in [-0.4, -0.2) is 20.7 Å². The fourth-order valence-electron chi connectivity index (χ4n) is 2.52. The van der Waals surface area contributed by atoms with Crippen molar-refractivity contribution in [2.24, 2.45) is 5.92 Å². The van der Waals surface area contributed by atoms with E-state index in [-0.39, 0.29) is 18.4 Å². The van der Waals surface area contributed by atoms with Crippen molar-refractivity contribution in [2.75, 3.05) is 5.32 Å². The largest absolute Gasteiger partial charge is 0.435 e. The van der Waals surface area contributed by atoms with Crippen molar-refractivity contribution in [1.82, 2.24) is 14.8 Å². The SMILES string of the molecule is Cc1nc(NC(=O)C(C)Cn2nc(C(F)(F)F)cc2C2CC2)sc1C. The Balaban J connectivity index is 1.72. The summed E-state index contributed by atoms with van der Waals surface area (Å²) in [7, 11) is 0. The lowest BCUT2D eigenvalue weighted by atomic mass is 10.1. The lowest BCUT2D eigenvalue weighted by Crippen LogP contribution is -2.25. The quantitative estimate of drug-likeness (QED) is 0.859. The molecular weight excluding hydrogens is 353 g/mol. The van der Waals surface area contributed by atoms with Crippen molar-refractivity contribution >= 4 is 22.4 Å². The number of hydrogen-bond acceptors (Lipinski definition) is 4. The van der Waals surface area contributed by atoms with Gasteiger partial charge in [0.05, 0.1) is 18.2 Å². The zero-order valence-corrected chi connectivity index (χ0v) is 15.0. The molecule has 0 spiro atoms. The minimum Gasteiger partial charge on any atom is -0.302 e. The second-order valence-corrected chi connectivity index (χ2v) is 7.66. The number of aryl methyl sites for hydroxylation is 2. The number of amides is 1. The Labute approximate surface area is 147 Å². The average Bonchev–Trinajstić information content (AvgIpc) is 3.18. The molecule has 0 bridgehead atoms. The van der Waals surface area contributed by atoms with E-state index in [4.69, 9.17) is 0 Å². The molecule has 1 amide bonds. The van der Waals surface area contributed by atoms with Gasteiger partial charge in [0.2, 0.25) is 5.91 Å². The summed E-state index contributed by atoms with van der Waals surface area (Å²) < 4.78 is 40.1. The van der Waals surface area contributed by atoms with Gasteiger partial charge in [0.25, 0.3) is 0 Å². The summed E-state index contributed by atoms with van der Waals surface area (Å²) in [5, 5.41) is 6.92. The number of carbonyl (C=O) groups excluding carboxylic acids is 1. The lowest BCUT2D eigenvalue weighted by molar-refractivity contribution is -0.141. The number of aromatic nitrogens is 3. The number of carbonyl (C=O) groups is 1. The zero-order valence-electron chi connectivity index (χ0n) is 14.1. The van der Waals surface area contributed by atoms with E-state index in [2.05, 4.69) is 15.4 Å². The highest BCUT2D eigenvalue weighted by molar-refractivity contribution is 7.15. The molecule has 9 heteroatoms. The van der Waals surface area contributed by atoms with Crippen LogP contribution in [0.15, 0.2) is 6.07 Å². The van der Waals surface area contributed by atoms with E-state index in [0.29, 0.717) is 10.8 Å². The van der Waals surface area contributed by atoms with Crippen LogP contribution in [0, 0.1) is 19.8 Å². The average molecular weight is 372 g/mol. The maximum absolute atomic E-state index is 12.9. The molecule has 1 fully saturated rings. The number of nitrogens with zero attached hydrogens (tertiary/aromatic N) is 3. The molecule has 1 unspecified atom stereocenters. The molecule has 5 nitrogen and oxygen atoms in total. The molecule has 0 saturated heterocycles. The topological polar surface area (TPSA) is 59.8 Å². The van der Waals surface area contributed by atoms with E-state index >= 15 is 0 Å². The van der Waals surface area contributed by atoms with Crippen molar-refractivity contribution in [2.45, 2.75) is 52.3 Å². The van der Waals surface area contributed by atoms with Gasteiger partial charge in [-0.05, 0) is 32.8 Å². The molecule has 2 aromatic rings. The van der Waals surface area contributed by atoms with Crippen LogP contribution in [-0.2, 0) is 17.5 Å². The molecule has 0 aromatic carbocycles. The van der Waals surface area contributed by atoms with Crippen LogP contribution in [0.3, 0.4) is 0 Å². The van der Waals surface area contributed by atoms with Crippen LogP contribution in [0.5, 0.6) is 0 Å². The fraction of sp³-hybridized carbons (Fsp3) is 0.562. The van der Waals surface area contributed by atoms with Crippen LogP contribution >= 0.6 is 11.3 Å². The van der Waals surface area contributed by atoms with Crippen molar-refractivity contribution in [3.8, 4) is 0 Å². The van der Waals surface area contributed by atoms with Gasteiger partial charge in [0, 0.05) is 16.5 Å². The predicted molar refractivity (Wildman–Crippen MR) is 88.6 cm³/mol. The first kappa shape index (κ1) is 17.9. The summed E-state index contributed by atoms with van der Waals surface area (Å²) in [4.78, 5) is 17.6. The summed E-state index contributed by atoms with van der Waals surface area (Å²) in [6.45, 7) is 5.55. The minimum absolute atomic E-state index is 0.108. The van der Waals surface area contributed by atoms with E-state index in [1.54, 1.807) is 6.92 Å². The fourth-order valence-corrected chi connectivity index (χ4v) is 3.34. The van der Waals surface area contributed by atoms with Crippen LogP contribution in [0.2, 0.25) is 0 Å². The Morgan fingerprint density at radius 1 is 1.44 bits per heavy atom. The van der Waals surface area contributed by atoms with Gasteiger partial charge < -0.3 is 5.32 Å². The van der Waals surface area contributed by atoms with Gasteiger partial charge in [0.15, 0.2) is 10.8 Å². The van der Waals surface area contributed by atoms with E-state index in [9.17, 15) is 18.0 Å². The lowest BCUT2D eigenvalue weighted by Gasteiger charge is -2.13. The predicted octanol–water partition coefficient (Wildman–Crippen LogP) is 4.13. The third-order valence-electron chi connectivity index (χ3n) is 4.25. The maximum atomic E-state index is 12.9. The summed E-state index contributed by atoms with van der Waals surface area (Å²) in [6, 6.07) is 1.11. The first-order valence-electron chi connectivity index (χ1n) is 8.05. The number of hydrogen-bond donors (Lipinski definition) is 1. The van der Waals surface area contributed by atoms with Crippen LogP contribution in [0.4, 0.5) is 18.3 Å². The molecule has 0 aliphatic heterocycles. The molecule has 1 saturated carbocycles. The monoisotopic (exact) mass is 372 g/mol. The molecule has 1 N–H and O–H groups in total. The standard InChI is InChI=1S/C16H19F3N4OS/c1-8(14(24)21-15-20-9(2)10(3)25-15)7-23-12(11-4-5-11)6-13(22-23)16(17,18)19/h6,8,11H,4-5,7H2,1-3H3,(H,20,21,24). The first-order chi connectivity index (χ1) is 11.6. The van der Waals surface area contributed by atoms with Gasteiger partial charge in [-0.3, -0.25) is 9.48 Å². The number of anilines is 1. The number of nitrogens with one attached hydrogen (secondary N) is 1. The molecule has 25 heavy (non-hydrogen) atoms. The number of halogens is 3. The highest BCUT2D eigenvalue weighted by Crippen LogP contribution is 2.42. The second kappa shape index (κ2) is 6.44. The smallest absolute Gasteiger partial charge is 0.302 e. The Morgan fingerprint density at radius 2 is 2.12 bits per heavy atom. The van der Waals surface area contributed by atoms with Gasteiger partial charge in [0.1, 0.15) is 0 Å². The molecule has 0 radical (unpaired) electrons. The maximum Gasteiger partial charge on any atom is 0.435 e. The van der Waals surface area contributed by atoms with Gasteiger partial charge in [-0.2, -0.15) is 18.3 Å². The van der Waals surface area contributed by atoms with E-state index in [1.165, 1.54) is 16.0 Å². The summed E-state index contributed by atoms with van der Waals surface area (Å²) in [5.41, 5.74) is 0.520. The Hall–Kier alpha value is -1.90. The number of rotatable bonds is 5. The molecule has 1 atom stereocenters. The van der Waals surface area contributed by atoms with Gasteiger partial charge >= 0.3 is 6.18 Å². The van der Waals surface area contributed by atoms with Gasteiger partial charge in [-0.15, -0.1) is 11.3 Å². The Kier molecular flexibility index (Phi) is 4.61. The van der Waals surface area contributed by atoms with Crippen LogP contribution < -0.4 is 5.32 Å². The van der Waals surface area contributed by atoms with Gasteiger partial charge in [-0.1, -0.05) is 6.92 Å². The third kappa shape index (κ3) is 4.02. The van der Waals surface area contributed by atoms with Crippen molar-refractivity contribution in [3.05, 3.63) is 28.0 Å². The molecular formula is C16H19F3N4OS. The second-order valence-electron chi connectivity index (χ2n) is 6.46. The Bertz CT molecular complexity index is 772.